The van der Waals surface area contributed by atoms with Crippen LogP contribution in [0.15, 0.2) is 12.1 Å². The predicted molar refractivity (Wildman–Crippen MR) is 75.1 cm³/mol. The van der Waals surface area contributed by atoms with Gasteiger partial charge in [-0.25, -0.2) is 13.2 Å². The zero-order valence-electron chi connectivity index (χ0n) is 12.8. The van der Waals surface area contributed by atoms with E-state index >= 15 is 0 Å². The summed E-state index contributed by atoms with van der Waals surface area (Å²) in [5, 5.41) is 2.32. The molecule has 0 aliphatic carbocycles. The SMILES string of the molecule is C[C@@H]1C[NH+]([C@@H](C)C(=O)Nc2ccc(F)c(F)c2F)C[C@H](C)O1. The van der Waals surface area contributed by atoms with E-state index in [4.69, 9.17) is 4.74 Å². The van der Waals surface area contributed by atoms with E-state index in [1.165, 1.54) is 0 Å². The van der Waals surface area contributed by atoms with Crippen LogP contribution >= 0.6 is 0 Å². The van der Waals surface area contributed by atoms with E-state index in [9.17, 15) is 18.0 Å². The summed E-state index contributed by atoms with van der Waals surface area (Å²) in [7, 11) is 0. The highest BCUT2D eigenvalue weighted by Crippen LogP contribution is 2.19. The maximum absolute atomic E-state index is 13.6. The molecule has 1 heterocycles. The van der Waals surface area contributed by atoms with Crippen molar-refractivity contribution < 1.29 is 27.6 Å². The van der Waals surface area contributed by atoms with Crippen LogP contribution in [0.5, 0.6) is 0 Å². The summed E-state index contributed by atoms with van der Waals surface area (Å²) in [4.78, 5) is 13.2. The fourth-order valence-corrected chi connectivity index (χ4v) is 2.72. The van der Waals surface area contributed by atoms with Gasteiger partial charge in [0.25, 0.3) is 5.91 Å². The highest BCUT2D eigenvalue weighted by atomic mass is 19.2. The lowest BCUT2D eigenvalue weighted by Crippen LogP contribution is -3.19. The summed E-state index contributed by atoms with van der Waals surface area (Å²) in [6, 6.07) is 1.34. The van der Waals surface area contributed by atoms with Gasteiger partial charge in [0.05, 0.1) is 5.69 Å². The molecule has 0 radical (unpaired) electrons. The lowest BCUT2D eigenvalue weighted by atomic mass is 10.1. The monoisotopic (exact) mass is 317 g/mol. The van der Waals surface area contributed by atoms with Crippen LogP contribution in [0, 0.1) is 17.5 Å². The van der Waals surface area contributed by atoms with Crippen LogP contribution in [-0.2, 0) is 9.53 Å². The van der Waals surface area contributed by atoms with Gasteiger partial charge in [0.15, 0.2) is 23.5 Å². The average Bonchev–Trinajstić information content (AvgIpc) is 2.46. The molecule has 1 amide bonds. The molecular weight excluding hydrogens is 297 g/mol. The number of rotatable bonds is 3. The molecule has 1 aromatic rings. The maximum Gasteiger partial charge on any atom is 0.282 e. The van der Waals surface area contributed by atoms with Crippen LogP contribution in [-0.4, -0.2) is 37.2 Å². The Morgan fingerprint density at radius 2 is 1.82 bits per heavy atom. The first-order valence-corrected chi connectivity index (χ1v) is 7.24. The summed E-state index contributed by atoms with van der Waals surface area (Å²) in [5.74, 6) is -4.71. The van der Waals surface area contributed by atoms with Gasteiger partial charge in [0, 0.05) is 0 Å². The average molecular weight is 317 g/mol. The fraction of sp³-hybridized carbons (Fsp3) is 0.533. The second-order valence-corrected chi connectivity index (χ2v) is 5.76. The molecule has 0 saturated carbocycles. The molecule has 2 rings (SSSR count). The normalized spacial score (nSPS) is 26.5. The molecule has 22 heavy (non-hydrogen) atoms. The number of carbonyl (C=O) groups is 1. The van der Waals surface area contributed by atoms with E-state index in [0.717, 1.165) is 17.0 Å². The summed E-state index contributed by atoms with van der Waals surface area (Å²) in [6.45, 7) is 6.87. The minimum absolute atomic E-state index is 0.0222. The third-order valence-electron chi connectivity index (χ3n) is 3.86. The number of quaternary nitrogens is 1. The van der Waals surface area contributed by atoms with E-state index in [-0.39, 0.29) is 17.9 Å². The standard InChI is InChI=1S/C15H19F3N2O2/c1-8-6-20(7-9(2)22-8)10(3)15(21)19-12-5-4-11(16)13(17)14(12)18/h4-5,8-10H,6-7H2,1-3H3,(H,19,21)/p+1/t8-,9+,10-/m0/s1. The van der Waals surface area contributed by atoms with Crippen molar-refractivity contribution in [1.82, 2.24) is 0 Å². The number of ether oxygens (including phenoxy) is 1. The topological polar surface area (TPSA) is 42.8 Å². The van der Waals surface area contributed by atoms with Crippen molar-refractivity contribution in [3.05, 3.63) is 29.6 Å². The second-order valence-electron chi connectivity index (χ2n) is 5.76. The molecule has 0 bridgehead atoms. The van der Waals surface area contributed by atoms with Crippen molar-refractivity contribution in [3.8, 4) is 0 Å². The minimum atomic E-state index is -1.59. The number of benzene rings is 1. The number of amides is 1. The van der Waals surface area contributed by atoms with Gasteiger partial charge in [-0.15, -0.1) is 0 Å². The summed E-state index contributed by atoms with van der Waals surface area (Å²) in [6.07, 6.45) is 0.0444. The number of halogens is 3. The van der Waals surface area contributed by atoms with E-state index in [1.54, 1.807) is 6.92 Å². The van der Waals surface area contributed by atoms with E-state index in [2.05, 4.69) is 5.32 Å². The van der Waals surface area contributed by atoms with Crippen molar-refractivity contribution in [2.45, 2.75) is 39.0 Å². The van der Waals surface area contributed by atoms with Crippen LogP contribution in [0.2, 0.25) is 0 Å². The van der Waals surface area contributed by atoms with E-state index in [1.807, 2.05) is 13.8 Å². The first kappa shape index (κ1) is 16.8. The zero-order valence-corrected chi connectivity index (χ0v) is 12.8. The van der Waals surface area contributed by atoms with Gasteiger partial charge in [-0.05, 0) is 32.9 Å². The van der Waals surface area contributed by atoms with Crippen LogP contribution in [0.1, 0.15) is 20.8 Å². The number of carbonyl (C=O) groups excluding carboxylic acids is 1. The summed E-state index contributed by atoms with van der Waals surface area (Å²) < 4.78 is 45.3. The van der Waals surface area contributed by atoms with Gasteiger partial charge >= 0.3 is 0 Å². The second kappa shape index (κ2) is 6.66. The summed E-state index contributed by atoms with van der Waals surface area (Å²) >= 11 is 0. The molecule has 122 valence electrons. The van der Waals surface area contributed by atoms with Gasteiger partial charge < -0.3 is 15.0 Å². The van der Waals surface area contributed by atoms with Gasteiger partial charge in [-0.2, -0.15) is 0 Å². The fourth-order valence-electron chi connectivity index (χ4n) is 2.72. The Balaban J connectivity index is 2.07. The van der Waals surface area contributed by atoms with Gasteiger partial charge in [-0.1, -0.05) is 0 Å². The van der Waals surface area contributed by atoms with Crippen LogP contribution in [0.25, 0.3) is 0 Å². The first-order valence-electron chi connectivity index (χ1n) is 7.24. The van der Waals surface area contributed by atoms with E-state index < -0.39 is 29.4 Å². The largest absolute Gasteiger partial charge is 0.364 e. The number of hydrogen-bond donors (Lipinski definition) is 2. The van der Waals surface area contributed by atoms with Crippen molar-refractivity contribution >= 4 is 11.6 Å². The molecule has 0 aromatic heterocycles. The third kappa shape index (κ3) is 3.59. The number of hydrogen-bond acceptors (Lipinski definition) is 2. The molecule has 7 heteroatoms. The Hall–Kier alpha value is -1.60. The molecule has 2 N–H and O–H groups in total. The Morgan fingerprint density at radius 1 is 1.23 bits per heavy atom. The minimum Gasteiger partial charge on any atom is -0.364 e. The Morgan fingerprint density at radius 3 is 2.41 bits per heavy atom. The lowest BCUT2D eigenvalue weighted by molar-refractivity contribution is -0.928. The molecular formula is C15H20F3N2O2+. The predicted octanol–water partition coefficient (Wildman–Crippen LogP) is 1.12. The smallest absolute Gasteiger partial charge is 0.282 e. The van der Waals surface area contributed by atoms with Crippen LogP contribution in [0.3, 0.4) is 0 Å². The van der Waals surface area contributed by atoms with Crippen molar-refractivity contribution in [3.63, 3.8) is 0 Å². The van der Waals surface area contributed by atoms with Gasteiger partial charge in [0.1, 0.15) is 25.3 Å². The quantitative estimate of drug-likeness (QED) is 0.821. The molecule has 0 spiro atoms. The molecule has 1 saturated heterocycles. The van der Waals surface area contributed by atoms with Crippen molar-refractivity contribution in [1.29, 1.82) is 0 Å². The Labute approximate surface area is 127 Å². The third-order valence-corrected chi connectivity index (χ3v) is 3.86. The summed E-state index contributed by atoms with van der Waals surface area (Å²) in [5.41, 5.74) is -0.357. The molecule has 1 aliphatic rings. The van der Waals surface area contributed by atoms with Gasteiger partial charge in [0.2, 0.25) is 0 Å². The Bertz CT molecular complexity index is 558. The van der Waals surface area contributed by atoms with Crippen LogP contribution < -0.4 is 10.2 Å². The number of morpholine rings is 1. The van der Waals surface area contributed by atoms with E-state index in [0.29, 0.717) is 13.1 Å². The number of anilines is 1. The van der Waals surface area contributed by atoms with Gasteiger partial charge in [-0.3, -0.25) is 4.79 Å². The molecule has 1 unspecified atom stereocenters. The number of nitrogens with one attached hydrogen (secondary N) is 2. The highest BCUT2D eigenvalue weighted by Gasteiger charge is 2.33. The van der Waals surface area contributed by atoms with Crippen molar-refractivity contribution in [2.75, 3.05) is 18.4 Å². The van der Waals surface area contributed by atoms with Crippen LogP contribution in [0.4, 0.5) is 18.9 Å². The first-order chi connectivity index (χ1) is 10.3. The molecule has 4 atom stereocenters. The molecule has 4 nitrogen and oxygen atoms in total. The molecule has 1 aromatic carbocycles. The lowest BCUT2D eigenvalue weighted by Gasteiger charge is -2.35. The zero-order chi connectivity index (χ0) is 16.4. The molecule has 1 fully saturated rings. The Kier molecular flexibility index (Phi) is 5.08. The highest BCUT2D eigenvalue weighted by molar-refractivity contribution is 5.93. The molecule has 1 aliphatic heterocycles. The van der Waals surface area contributed by atoms with Crippen molar-refractivity contribution in [2.24, 2.45) is 0 Å². The maximum atomic E-state index is 13.6.